The highest BCUT2D eigenvalue weighted by atomic mass is 19.1. The number of carbonyl (C=O) groups is 1. The van der Waals surface area contributed by atoms with Crippen molar-refractivity contribution >= 4 is 11.6 Å². The average molecular weight is 245 g/mol. The van der Waals surface area contributed by atoms with Gasteiger partial charge in [-0.2, -0.15) is 0 Å². The zero-order valence-electron chi connectivity index (χ0n) is 9.60. The van der Waals surface area contributed by atoms with Gasteiger partial charge in [0.15, 0.2) is 6.61 Å². The van der Waals surface area contributed by atoms with E-state index in [2.05, 4.69) is 5.32 Å². The van der Waals surface area contributed by atoms with Crippen LogP contribution in [-0.2, 0) is 4.79 Å². The van der Waals surface area contributed by atoms with E-state index < -0.39 is 5.82 Å². The predicted octanol–water partition coefficient (Wildman–Crippen LogP) is 2.84. The molecule has 0 heterocycles. The third-order valence-corrected chi connectivity index (χ3v) is 2.22. The van der Waals surface area contributed by atoms with Crippen LogP contribution in [0.25, 0.3) is 0 Å². The van der Waals surface area contributed by atoms with Gasteiger partial charge in [0.05, 0.1) is 0 Å². The molecule has 92 valence electrons. The van der Waals surface area contributed by atoms with Gasteiger partial charge in [0.2, 0.25) is 0 Å². The molecule has 2 rings (SSSR count). The van der Waals surface area contributed by atoms with Gasteiger partial charge in [0.1, 0.15) is 11.6 Å². The summed E-state index contributed by atoms with van der Waals surface area (Å²) in [4.78, 5) is 11.5. The second-order valence-electron chi connectivity index (χ2n) is 3.66. The molecule has 0 aliphatic heterocycles. The van der Waals surface area contributed by atoms with E-state index in [-0.39, 0.29) is 12.5 Å². The molecular formula is C14H12FNO2. The van der Waals surface area contributed by atoms with E-state index in [9.17, 15) is 9.18 Å². The SMILES string of the molecule is O=C(COc1ccccc1)Nc1cccc(F)c1. The van der Waals surface area contributed by atoms with Gasteiger partial charge in [0, 0.05) is 5.69 Å². The Morgan fingerprint density at radius 2 is 1.89 bits per heavy atom. The van der Waals surface area contributed by atoms with Crippen LogP contribution < -0.4 is 10.1 Å². The summed E-state index contributed by atoms with van der Waals surface area (Å²) < 4.78 is 18.2. The maximum Gasteiger partial charge on any atom is 0.262 e. The lowest BCUT2D eigenvalue weighted by molar-refractivity contribution is -0.118. The highest BCUT2D eigenvalue weighted by molar-refractivity contribution is 5.91. The molecule has 0 fully saturated rings. The molecule has 1 N–H and O–H groups in total. The molecule has 0 atom stereocenters. The minimum atomic E-state index is -0.392. The smallest absolute Gasteiger partial charge is 0.262 e. The Morgan fingerprint density at radius 3 is 2.61 bits per heavy atom. The molecule has 0 saturated heterocycles. The molecule has 2 aromatic carbocycles. The zero-order chi connectivity index (χ0) is 12.8. The fourth-order valence-electron chi connectivity index (χ4n) is 1.43. The maximum absolute atomic E-state index is 12.9. The van der Waals surface area contributed by atoms with Crippen LogP contribution >= 0.6 is 0 Å². The Bertz CT molecular complexity index is 528. The number of rotatable bonds is 4. The minimum Gasteiger partial charge on any atom is -0.484 e. The van der Waals surface area contributed by atoms with Gasteiger partial charge in [-0.3, -0.25) is 4.79 Å². The Kier molecular flexibility index (Phi) is 3.91. The van der Waals surface area contributed by atoms with E-state index in [1.165, 1.54) is 18.2 Å². The number of hydrogen-bond donors (Lipinski definition) is 1. The molecule has 18 heavy (non-hydrogen) atoms. The lowest BCUT2D eigenvalue weighted by Crippen LogP contribution is -2.20. The molecule has 1 amide bonds. The summed E-state index contributed by atoms with van der Waals surface area (Å²) in [6.07, 6.45) is 0. The topological polar surface area (TPSA) is 38.3 Å². The first-order valence-electron chi connectivity index (χ1n) is 5.47. The number of amides is 1. The number of ether oxygens (including phenoxy) is 1. The summed E-state index contributed by atoms with van der Waals surface area (Å²) in [6, 6.07) is 14.7. The van der Waals surface area contributed by atoms with Gasteiger partial charge in [-0.25, -0.2) is 4.39 Å². The molecule has 0 radical (unpaired) electrons. The second-order valence-corrected chi connectivity index (χ2v) is 3.66. The Hall–Kier alpha value is -2.36. The van der Waals surface area contributed by atoms with Crippen molar-refractivity contribution in [3.8, 4) is 5.75 Å². The first-order valence-corrected chi connectivity index (χ1v) is 5.47. The van der Waals surface area contributed by atoms with Crippen molar-refractivity contribution in [3.05, 3.63) is 60.4 Å². The number of halogens is 1. The molecular weight excluding hydrogens is 233 g/mol. The van der Waals surface area contributed by atoms with Gasteiger partial charge in [-0.1, -0.05) is 24.3 Å². The van der Waals surface area contributed by atoms with Crippen molar-refractivity contribution in [1.29, 1.82) is 0 Å². The third kappa shape index (κ3) is 3.59. The number of benzene rings is 2. The number of para-hydroxylation sites is 1. The standard InChI is InChI=1S/C14H12FNO2/c15-11-5-4-6-12(9-11)16-14(17)10-18-13-7-2-1-3-8-13/h1-9H,10H2,(H,16,17). The molecule has 0 aliphatic rings. The van der Waals surface area contributed by atoms with Crippen molar-refractivity contribution in [1.82, 2.24) is 0 Å². The van der Waals surface area contributed by atoms with Crippen LogP contribution in [0.1, 0.15) is 0 Å². The second kappa shape index (κ2) is 5.82. The van der Waals surface area contributed by atoms with Gasteiger partial charge in [-0.15, -0.1) is 0 Å². The summed E-state index contributed by atoms with van der Waals surface area (Å²) in [5, 5.41) is 2.55. The quantitative estimate of drug-likeness (QED) is 0.899. The van der Waals surface area contributed by atoms with Crippen LogP contribution in [0.15, 0.2) is 54.6 Å². The summed E-state index contributed by atoms with van der Waals surface area (Å²) in [5.41, 5.74) is 0.414. The summed E-state index contributed by atoms with van der Waals surface area (Å²) in [7, 11) is 0. The van der Waals surface area contributed by atoms with Crippen molar-refractivity contribution in [2.75, 3.05) is 11.9 Å². The van der Waals surface area contributed by atoms with Crippen molar-refractivity contribution in [3.63, 3.8) is 0 Å². The van der Waals surface area contributed by atoms with E-state index in [0.29, 0.717) is 11.4 Å². The Balaban J connectivity index is 1.86. The predicted molar refractivity (Wildman–Crippen MR) is 67.0 cm³/mol. The van der Waals surface area contributed by atoms with Crippen LogP contribution in [0.4, 0.5) is 10.1 Å². The zero-order valence-corrected chi connectivity index (χ0v) is 9.60. The molecule has 0 unspecified atom stereocenters. The Morgan fingerprint density at radius 1 is 1.11 bits per heavy atom. The highest BCUT2D eigenvalue weighted by Crippen LogP contribution is 2.10. The minimum absolute atomic E-state index is 0.111. The number of anilines is 1. The Labute approximate surface area is 104 Å². The molecule has 0 aromatic heterocycles. The maximum atomic E-state index is 12.9. The van der Waals surface area contributed by atoms with E-state index in [1.807, 2.05) is 18.2 Å². The summed E-state index contributed by atoms with van der Waals surface area (Å²) >= 11 is 0. The summed E-state index contributed by atoms with van der Waals surface area (Å²) in [5.74, 6) is -0.104. The lowest BCUT2D eigenvalue weighted by Gasteiger charge is -2.07. The van der Waals surface area contributed by atoms with Crippen LogP contribution in [0.5, 0.6) is 5.75 Å². The fourth-order valence-corrected chi connectivity index (χ4v) is 1.43. The molecule has 0 aliphatic carbocycles. The molecule has 4 heteroatoms. The van der Waals surface area contributed by atoms with E-state index in [4.69, 9.17) is 4.74 Å². The first kappa shape index (κ1) is 12.1. The van der Waals surface area contributed by atoms with E-state index >= 15 is 0 Å². The molecule has 0 bridgehead atoms. The number of nitrogens with one attached hydrogen (secondary N) is 1. The number of carbonyl (C=O) groups excluding carboxylic acids is 1. The first-order chi connectivity index (χ1) is 8.74. The molecule has 0 saturated carbocycles. The van der Waals surface area contributed by atoms with Gasteiger partial charge < -0.3 is 10.1 Å². The van der Waals surface area contributed by atoms with Crippen LogP contribution in [0, 0.1) is 5.82 Å². The van der Waals surface area contributed by atoms with E-state index in [0.717, 1.165) is 0 Å². The van der Waals surface area contributed by atoms with Crippen molar-refractivity contribution in [2.45, 2.75) is 0 Å². The average Bonchev–Trinajstić information content (AvgIpc) is 2.38. The summed E-state index contributed by atoms with van der Waals surface area (Å²) in [6.45, 7) is -0.111. The van der Waals surface area contributed by atoms with Crippen molar-refractivity contribution < 1.29 is 13.9 Å². The van der Waals surface area contributed by atoms with Crippen LogP contribution in [0.3, 0.4) is 0 Å². The third-order valence-electron chi connectivity index (χ3n) is 2.22. The van der Waals surface area contributed by atoms with Crippen LogP contribution in [-0.4, -0.2) is 12.5 Å². The van der Waals surface area contributed by atoms with Crippen LogP contribution in [0.2, 0.25) is 0 Å². The lowest BCUT2D eigenvalue weighted by atomic mass is 10.3. The normalized spacial score (nSPS) is 9.83. The molecule has 2 aromatic rings. The number of hydrogen-bond acceptors (Lipinski definition) is 2. The molecule has 3 nitrogen and oxygen atoms in total. The largest absolute Gasteiger partial charge is 0.484 e. The highest BCUT2D eigenvalue weighted by Gasteiger charge is 2.03. The monoisotopic (exact) mass is 245 g/mol. The van der Waals surface area contributed by atoms with Gasteiger partial charge in [0.25, 0.3) is 5.91 Å². The van der Waals surface area contributed by atoms with Gasteiger partial charge >= 0.3 is 0 Å². The fraction of sp³-hybridized carbons (Fsp3) is 0.0714. The van der Waals surface area contributed by atoms with E-state index in [1.54, 1.807) is 18.2 Å². The van der Waals surface area contributed by atoms with Crippen molar-refractivity contribution in [2.24, 2.45) is 0 Å². The van der Waals surface area contributed by atoms with Gasteiger partial charge in [-0.05, 0) is 30.3 Å². The molecule has 0 spiro atoms.